The van der Waals surface area contributed by atoms with Gasteiger partial charge in [0, 0.05) is 17.1 Å². The molecule has 3 rings (SSSR count). The number of para-hydroxylation sites is 1. The summed E-state index contributed by atoms with van der Waals surface area (Å²) in [6.45, 7) is 0. The molecule has 0 unspecified atom stereocenters. The summed E-state index contributed by atoms with van der Waals surface area (Å²) in [6.07, 6.45) is -0.0494. The van der Waals surface area contributed by atoms with E-state index < -0.39 is 5.82 Å². The van der Waals surface area contributed by atoms with Crippen molar-refractivity contribution < 1.29 is 14.0 Å². The van der Waals surface area contributed by atoms with Crippen LogP contribution in [-0.2, 0) is 11.2 Å². The predicted molar refractivity (Wildman–Crippen MR) is 104 cm³/mol. The Morgan fingerprint density at radius 3 is 1.81 bits per heavy atom. The number of carbonyl (C=O) groups excluding carboxylic acids is 2. The van der Waals surface area contributed by atoms with E-state index in [1.165, 1.54) is 6.07 Å². The fraction of sp³-hybridized carbons (Fsp3) is 0.0476. The summed E-state index contributed by atoms with van der Waals surface area (Å²) in [7, 11) is 0. The monoisotopic (exact) mass is 363 g/mol. The summed E-state index contributed by atoms with van der Waals surface area (Å²) in [5, 5.41) is 8.12. The van der Waals surface area contributed by atoms with Gasteiger partial charge in [-0.15, -0.1) is 0 Å². The molecule has 6 heteroatoms. The van der Waals surface area contributed by atoms with Crippen LogP contribution in [0.2, 0.25) is 0 Å². The van der Waals surface area contributed by atoms with Crippen LogP contribution in [0.3, 0.4) is 0 Å². The molecule has 3 aromatic carbocycles. The van der Waals surface area contributed by atoms with Gasteiger partial charge in [-0.3, -0.25) is 4.79 Å². The maximum Gasteiger partial charge on any atom is 0.323 e. The van der Waals surface area contributed by atoms with Crippen LogP contribution in [-0.4, -0.2) is 11.9 Å². The maximum atomic E-state index is 13.6. The second-order valence-corrected chi connectivity index (χ2v) is 5.84. The average Bonchev–Trinajstić information content (AvgIpc) is 2.66. The first-order chi connectivity index (χ1) is 13.1. The van der Waals surface area contributed by atoms with Crippen molar-refractivity contribution in [1.29, 1.82) is 0 Å². The average molecular weight is 363 g/mol. The van der Waals surface area contributed by atoms with Crippen LogP contribution in [0.15, 0.2) is 78.9 Å². The second-order valence-electron chi connectivity index (χ2n) is 5.84. The standard InChI is InChI=1S/C21H18FN3O2/c22-19-9-5-4-6-15(19)14-20(26)23-17-10-12-18(13-11-17)25-21(27)24-16-7-2-1-3-8-16/h1-13H,14H2,(H,23,26)(H2,24,25,27). The molecule has 0 saturated heterocycles. The van der Waals surface area contributed by atoms with E-state index in [0.29, 0.717) is 22.6 Å². The maximum absolute atomic E-state index is 13.6. The largest absolute Gasteiger partial charge is 0.326 e. The molecule has 0 aliphatic heterocycles. The molecule has 136 valence electrons. The van der Waals surface area contributed by atoms with Crippen molar-refractivity contribution in [3.05, 3.63) is 90.2 Å². The third-order valence-electron chi connectivity index (χ3n) is 3.77. The zero-order valence-electron chi connectivity index (χ0n) is 14.4. The van der Waals surface area contributed by atoms with Crippen LogP contribution in [0, 0.1) is 5.82 Å². The highest BCUT2D eigenvalue weighted by Gasteiger charge is 2.08. The van der Waals surface area contributed by atoms with E-state index in [9.17, 15) is 14.0 Å². The normalized spacial score (nSPS) is 10.1. The zero-order valence-corrected chi connectivity index (χ0v) is 14.4. The number of carbonyl (C=O) groups is 2. The lowest BCUT2D eigenvalue weighted by molar-refractivity contribution is -0.115. The first-order valence-corrected chi connectivity index (χ1v) is 8.36. The van der Waals surface area contributed by atoms with Crippen molar-refractivity contribution in [3.8, 4) is 0 Å². The molecule has 3 N–H and O–H groups in total. The van der Waals surface area contributed by atoms with Crippen LogP contribution < -0.4 is 16.0 Å². The Morgan fingerprint density at radius 2 is 1.19 bits per heavy atom. The summed E-state index contributed by atoms with van der Waals surface area (Å²) in [4.78, 5) is 24.0. The first kappa shape index (κ1) is 18.1. The van der Waals surface area contributed by atoms with Gasteiger partial charge >= 0.3 is 6.03 Å². The lowest BCUT2D eigenvalue weighted by Gasteiger charge is -2.09. The van der Waals surface area contributed by atoms with Crippen LogP contribution in [0.4, 0.5) is 26.2 Å². The molecule has 0 bridgehead atoms. The lowest BCUT2D eigenvalue weighted by atomic mass is 10.1. The van der Waals surface area contributed by atoms with Gasteiger partial charge in [0.05, 0.1) is 6.42 Å². The molecule has 0 atom stereocenters. The van der Waals surface area contributed by atoms with E-state index >= 15 is 0 Å². The molecule has 3 amide bonds. The van der Waals surface area contributed by atoms with Gasteiger partial charge in [-0.05, 0) is 48.0 Å². The molecule has 27 heavy (non-hydrogen) atoms. The Kier molecular flexibility index (Phi) is 5.79. The summed E-state index contributed by atoms with van der Waals surface area (Å²) < 4.78 is 13.6. The minimum atomic E-state index is -0.406. The number of amides is 3. The molecule has 0 aliphatic carbocycles. The predicted octanol–water partition coefficient (Wildman–Crippen LogP) is 4.65. The van der Waals surface area contributed by atoms with E-state index in [1.807, 2.05) is 18.2 Å². The number of halogens is 1. The van der Waals surface area contributed by atoms with Gasteiger partial charge in [0.25, 0.3) is 0 Å². The Bertz CT molecular complexity index is 928. The van der Waals surface area contributed by atoms with E-state index in [0.717, 1.165) is 0 Å². The molecule has 0 aromatic heterocycles. The second kappa shape index (κ2) is 8.62. The summed E-state index contributed by atoms with van der Waals surface area (Å²) in [5.74, 6) is -0.723. The van der Waals surface area contributed by atoms with Gasteiger partial charge in [0.2, 0.25) is 5.91 Å². The van der Waals surface area contributed by atoms with Gasteiger partial charge < -0.3 is 16.0 Å². The number of hydrogen-bond acceptors (Lipinski definition) is 2. The van der Waals surface area contributed by atoms with Gasteiger partial charge in [0.15, 0.2) is 0 Å². The van der Waals surface area contributed by atoms with Crippen molar-refractivity contribution in [1.82, 2.24) is 0 Å². The van der Waals surface area contributed by atoms with Crippen molar-refractivity contribution >= 4 is 29.0 Å². The Hall–Kier alpha value is -3.67. The zero-order chi connectivity index (χ0) is 19.1. The van der Waals surface area contributed by atoms with Gasteiger partial charge in [-0.25, -0.2) is 9.18 Å². The van der Waals surface area contributed by atoms with Crippen LogP contribution in [0.5, 0.6) is 0 Å². The SMILES string of the molecule is O=C(Cc1ccccc1F)Nc1ccc(NC(=O)Nc2ccccc2)cc1. The fourth-order valence-electron chi connectivity index (χ4n) is 2.47. The molecule has 0 heterocycles. The molecule has 3 aromatic rings. The minimum Gasteiger partial charge on any atom is -0.326 e. The third kappa shape index (κ3) is 5.40. The molecule has 0 spiro atoms. The van der Waals surface area contributed by atoms with Crippen molar-refractivity contribution in [2.75, 3.05) is 16.0 Å². The van der Waals surface area contributed by atoms with E-state index in [2.05, 4.69) is 16.0 Å². The number of nitrogens with one attached hydrogen (secondary N) is 3. The molecule has 0 radical (unpaired) electrons. The lowest BCUT2D eigenvalue weighted by Crippen LogP contribution is -2.19. The van der Waals surface area contributed by atoms with Crippen molar-refractivity contribution in [3.63, 3.8) is 0 Å². The van der Waals surface area contributed by atoms with Crippen LogP contribution in [0.25, 0.3) is 0 Å². The fourth-order valence-corrected chi connectivity index (χ4v) is 2.47. The Balaban J connectivity index is 1.53. The minimum absolute atomic E-state index is 0.0494. The Morgan fingerprint density at radius 1 is 0.667 bits per heavy atom. The summed E-state index contributed by atoms with van der Waals surface area (Å²) >= 11 is 0. The third-order valence-corrected chi connectivity index (χ3v) is 3.77. The van der Waals surface area contributed by atoms with Crippen LogP contribution >= 0.6 is 0 Å². The molecule has 0 aliphatic rings. The molecule has 0 saturated carbocycles. The van der Waals surface area contributed by atoms with E-state index in [1.54, 1.807) is 54.6 Å². The number of benzene rings is 3. The van der Waals surface area contributed by atoms with Crippen molar-refractivity contribution in [2.24, 2.45) is 0 Å². The number of hydrogen-bond donors (Lipinski definition) is 3. The summed E-state index contributed by atoms with van der Waals surface area (Å²) in [6, 6.07) is 21.6. The molecular formula is C21H18FN3O2. The molecule has 0 fully saturated rings. The topological polar surface area (TPSA) is 70.2 Å². The highest BCUT2D eigenvalue weighted by molar-refractivity contribution is 6.00. The quantitative estimate of drug-likeness (QED) is 0.617. The number of urea groups is 1. The van der Waals surface area contributed by atoms with Crippen LogP contribution in [0.1, 0.15) is 5.56 Å². The highest BCUT2D eigenvalue weighted by Crippen LogP contribution is 2.15. The summed E-state index contributed by atoms with van der Waals surface area (Å²) in [5.41, 5.74) is 2.17. The highest BCUT2D eigenvalue weighted by atomic mass is 19.1. The van der Waals surface area contributed by atoms with Gasteiger partial charge in [0.1, 0.15) is 5.82 Å². The van der Waals surface area contributed by atoms with Gasteiger partial charge in [-0.2, -0.15) is 0 Å². The van der Waals surface area contributed by atoms with E-state index in [4.69, 9.17) is 0 Å². The van der Waals surface area contributed by atoms with Gasteiger partial charge in [-0.1, -0.05) is 36.4 Å². The Labute approximate surface area is 156 Å². The smallest absolute Gasteiger partial charge is 0.323 e. The van der Waals surface area contributed by atoms with E-state index in [-0.39, 0.29) is 18.4 Å². The molecule has 5 nitrogen and oxygen atoms in total. The van der Waals surface area contributed by atoms with Crippen molar-refractivity contribution in [2.45, 2.75) is 6.42 Å². The number of rotatable bonds is 5. The molecular weight excluding hydrogens is 345 g/mol. The first-order valence-electron chi connectivity index (χ1n) is 8.36. The number of anilines is 3.